The predicted octanol–water partition coefficient (Wildman–Crippen LogP) is 6.47. The van der Waals surface area contributed by atoms with Crippen LogP contribution in [-0.2, 0) is 46.9 Å². The first kappa shape index (κ1) is 65.3. The van der Waals surface area contributed by atoms with Crippen LogP contribution < -0.4 is 5.32 Å². The van der Waals surface area contributed by atoms with Gasteiger partial charge in [-0.25, -0.2) is 4.57 Å². The standard InChI is InChI=1S/C51H96NO18P/c1-4-7-9-11-13-15-17-19-21-23-25-27-29-32-40(55)65-35-37(67-41(56)33-30-28-26-24-22-20-18-16-14-12-10-8-5-2)36-66-71(63,64)70-50-48(62)46(60)45(59)47(61)49(50)69-51-42(52-39(54)31-6-3)44(58)43(57)38(34-53)68-51/h37-38,42-51,53,57-62H,4-36H2,1-3H3,(H,52,54)(H,63,64)/t37-,38-,42-,43-,44-,45-,46-,47+,48-,49-,50-,51-/m1/s1. The quantitative estimate of drug-likeness (QED) is 0.0180. The van der Waals surface area contributed by atoms with Gasteiger partial charge in [-0.2, -0.15) is 0 Å². The van der Waals surface area contributed by atoms with E-state index in [1.165, 1.54) is 103 Å². The van der Waals surface area contributed by atoms with Gasteiger partial charge in [-0.05, 0) is 19.3 Å². The number of phosphoric ester groups is 1. The summed E-state index contributed by atoms with van der Waals surface area (Å²) in [4.78, 5) is 49.4. The van der Waals surface area contributed by atoms with Crippen molar-refractivity contribution in [2.75, 3.05) is 19.8 Å². The number of amides is 1. The third-order valence-electron chi connectivity index (χ3n) is 13.4. The molecule has 19 nitrogen and oxygen atoms in total. The third kappa shape index (κ3) is 27.0. The van der Waals surface area contributed by atoms with E-state index >= 15 is 0 Å². The van der Waals surface area contributed by atoms with Gasteiger partial charge in [-0.3, -0.25) is 23.4 Å². The lowest BCUT2D eigenvalue weighted by molar-refractivity contribution is -0.317. The van der Waals surface area contributed by atoms with Crippen LogP contribution in [0.2, 0.25) is 0 Å². The average Bonchev–Trinajstić information content (AvgIpc) is 3.34. The Balaban J connectivity index is 2.05. The molecule has 71 heavy (non-hydrogen) atoms. The van der Waals surface area contributed by atoms with Crippen LogP contribution in [0, 0.1) is 0 Å². The molecule has 9 N–H and O–H groups in total. The fourth-order valence-corrected chi connectivity index (χ4v) is 9.98. The highest BCUT2D eigenvalue weighted by atomic mass is 31.2. The topological polar surface area (TPSA) is 298 Å². The molecule has 418 valence electrons. The fraction of sp³-hybridized carbons (Fsp3) is 0.941. The Labute approximate surface area is 424 Å². The number of aliphatic hydroxyl groups is 7. The number of unbranched alkanes of at least 4 members (excludes halogenated alkanes) is 24. The summed E-state index contributed by atoms with van der Waals surface area (Å²) in [6.45, 7) is 3.93. The van der Waals surface area contributed by atoms with E-state index in [-0.39, 0.29) is 19.3 Å². The third-order valence-corrected chi connectivity index (χ3v) is 14.4. The molecule has 2 fully saturated rings. The van der Waals surface area contributed by atoms with Crippen LogP contribution in [0.5, 0.6) is 0 Å². The van der Waals surface area contributed by atoms with E-state index in [1.54, 1.807) is 6.92 Å². The van der Waals surface area contributed by atoms with Gasteiger partial charge in [0.2, 0.25) is 5.91 Å². The summed E-state index contributed by atoms with van der Waals surface area (Å²) in [6.07, 6.45) is 8.65. The number of hydrogen-bond acceptors (Lipinski definition) is 17. The minimum Gasteiger partial charge on any atom is -0.462 e. The number of rotatable bonds is 42. The highest BCUT2D eigenvalue weighted by Crippen LogP contribution is 2.48. The number of nitrogens with one attached hydrogen (secondary N) is 1. The molecule has 0 aromatic rings. The van der Waals surface area contributed by atoms with Gasteiger partial charge >= 0.3 is 19.8 Å². The molecule has 1 amide bonds. The summed E-state index contributed by atoms with van der Waals surface area (Å²) in [5, 5.41) is 77.0. The molecule has 1 aliphatic heterocycles. The van der Waals surface area contributed by atoms with Crippen LogP contribution in [0.4, 0.5) is 0 Å². The van der Waals surface area contributed by atoms with Crippen molar-refractivity contribution in [2.24, 2.45) is 0 Å². The van der Waals surface area contributed by atoms with Crippen LogP contribution in [0.3, 0.4) is 0 Å². The minimum atomic E-state index is -5.40. The summed E-state index contributed by atoms with van der Waals surface area (Å²) < 4.78 is 46.5. The van der Waals surface area contributed by atoms with E-state index in [1.807, 2.05) is 0 Å². The van der Waals surface area contributed by atoms with E-state index in [0.29, 0.717) is 19.3 Å². The lowest BCUT2D eigenvalue weighted by Crippen LogP contribution is -2.69. The van der Waals surface area contributed by atoms with Crippen molar-refractivity contribution >= 4 is 25.7 Å². The first-order valence-electron chi connectivity index (χ1n) is 27.4. The molecule has 1 saturated heterocycles. The van der Waals surface area contributed by atoms with Gasteiger partial charge in [0.05, 0.1) is 13.2 Å². The summed E-state index contributed by atoms with van der Waals surface area (Å²) in [7, 11) is -5.40. The van der Waals surface area contributed by atoms with Crippen molar-refractivity contribution < 1.29 is 87.6 Å². The minimum absolute atomic E-state index is 0.0175. The van der Waals surface area contributed by atoms with Crippen molar-refractivity contribution in [3.63, 3.8) is 0 Å². The molecular weight excluding hydrogens is 946 g/mol. The first-order chi connectivity index (χ1) is 34.1. The molecule has 1 unspecified atom stereocenters. The van der Waals surface area contributed by atoms with Gasteiger partial charge in [-0.15, -0.1) is 0 Å². The van der Waals surface area contributed by atoms with Crippen molar-refractivity contribution in [2.45, 2.75) is 287 Å². The number of hydrogen-bond donors (Lipinski definition) is 9. The molecule has 1 saturated carbocycles. The van der Waals surface area contributed by atoms with Crippen LogP contribution in [-0.4, -0.2) is 152 Å². The predicted molar refractivity (Wildman–Crippen MR) is 266 cm³/mol. The number of carbonyl (C=O) groups excluding carboxylic acids is 3. The van der Waals surface area contributed by atoms with E-state index in [9.17, 15) is 59.6 Å². The smallest absolute Gasteiger partial charge is 0.462 e. The zero-order valence-corrected chi connectivity index (χ0v) is 44.3. The molecule has 20 heteroatoms. The molecule has 13 atom stereocenters. The summed E-state index contributed by atoms with van der Waals surface area (Å²) >= 11 is 0. The van der Waals surface area contributed by atoms with Gasteiger partial charge in [0, 0.05) is 19.3 Å². The normalized spacial score (nSPS) is 26.9. The molecule has 1 heterocycles. The highest BCUT2D eigenvalue weighted by Gasteiger charge is 2.55. The summed E-state index contributed by atoms with van der Waals surface area (Å²) in [6, 6.07) is -1.57. The van der Waals surface area contributed by atoms with E-state index in [2.05, 4.69) is 19.2 Å². The Morgan fingerprint density at radius 3 is 1.42 bits per heavy atom. The molecule has 0 spiro atoms. The second-order valence-corrected chi connectivity index (χ2v) is 21.1. The first-order valence-corrected chi connectivity index (χ1v) is 28.9. The van der Waals surface area contributed by atoms with Gasteiger partial charge < -0.3 is 64.9 Å². The zero-order chi connectivity index (χ0) is 52.4. The average molecular weight is 1040 g/mol. The van der Waals surface area contributed by atoms with Gasteiger partial charge in [0.1, 0.15) is 67.6 Å². The Bertz CT molecular complexity index is 1450. The lowest BCUT2D eigenvalue weighted by atomic mass is 9.84. The Kier molecular flexibility index (Phi) is 35.6. The fourth-order valence-electron chi connectivity index (χ4n) is 9.01. The van der Waals surface area contributed by atoms with Crippen LogP contribution in [0.15, 0.2) is 0 Å². The zero-order valence-electron chi connectivity index (χ0n) is 43.4. The van der Waals surface area contributed by atoms with Crippen molar-refractivity contribution in [1.29, 1.82) is 0 Å². The number of phosphoric acid groups is 1. The maximum Gasteiger partial charge on any atom is 0.472 e. The van der Waals surface area contributed by atoms with E-state index in [4.69, 9.17) is 28.0 Å². The SMILES string of the molecule is CCCCCCCCCCCCCCCC(=O)OC[C@H](COP(=O)(O)O[C@@H]1[C@H](O)[C@H](O)[C@@H](O)[C@H](O)[C@H]1O[C@H]1O[C@H](CO)[C@@H](O)[C@H](O)[C@H]1NC(=O)CCC)OC(=O)CCCCCCCCCCCCCCC. The molecule has 0 bridgehead atoms. The number of ether oxygens (including phenoxy) is 4. The monoisotopic (exact) mass is 1040 g/mol. The van der Waals surface area contributed by atoms with Crippen molar-refractivity contribution in [3.05, 3.63) is 0 Å². The Morgan fingerprint density at radius 1 is 0.535 bits per heavy atom. The number of esters is 2. The maximum absolute atomic E-state index is 13.6. The molecule has 2 rings (SSSR count). The number of carbonyl (C=O) groups is 3. The highest BCUT2D eigenvalue weighted by molar-refractivity contribution is 7.47. The largest absolute Gasteiger partial charge is 0.472 e. The molecule has 2 aliphatic rings. The van der Waals surface area contributed by atoms with Gasteiger partial charge in [0.25, 0.3) is 0 Å². The lowest BCUT2D eigenvalue weighted by Gasteiger charge is -2.48. The van der Waals surface area contributed by atoms with Crippen molar-refractivity contribution in [1.82, 2.24) is 5.32 Å². The van der Waals surface area contributed by atoms with E-state index in [0.717, 1.165) is 51.4 Å². The van der Waals surface area contributed by atoms with Gasteiger partial charge in [0.15, 0.2) is 12.4 Å². The maximum atomic E-state index is 13.6. The summed E-state index contributed by atoms with van der Waals surface area (Å²) in [5.41, 5.74) is 0. The molecule has 0 aromatic heterocycles. The Morgan fingerprint density at radius 2 is 0.972 bits per heavy atom. The molecule has 0 radical (unpaired) electrons. The Hall–Kier alpha value is -1.84. The molecular formula is C51H96NO18P. The second kappa shape index (κ2) is 38.7. The van der Waals surface area contributed by atoms with Crippen LogP contribution in [0.1, 0.15) is 213 Å². The van der Waals surface area contributed by atoms with Crippen LogP contribution in [0.25, 0.3) is 0 Å². The van der Waals surface area contributed by atoms with Crippen molar-refractivity contribution in [3.8, 4) is 0 Å². The van der Waals surface area contributed by atoms with Gasteiger partial charge in [-0.1, -0.05) is 175 Å². The second-order valence-electron chi connectivity index (χ2n) is 19.7. The van der Waals surface area contributed by atoms with E-state index < -0.39 is 119 Å². The molecule has 1 aliphatic carbocycles. The van der Waals surface area contributed by atoms with Crippen LogP contribution >= 0.6 is 7.82 Å². The summed E-state index contributed by atoms with van der Waals surface area (Å²) in [5.74, 6) is -1.81. The number of aliphatic hydroxyl groups excluding tert-OH is 7. The molecule has 0 aromatic carbocycles.